The standard InChI is InChI=1S/C22H32N2O3Si/c1-22(2,3)28(5,6)27-19(13-15(26)14-25)20-21-17(11-12-23-20)16-9-7-8-10-18(16)24(21)4/h7-12,15,19,25-26H,13-14H2,1-6H3. The van der Waals surface area contributed by atoms with Gasteiger partial charge in [0.15, 0.2) is 8.32 Å². The van der Waals surface area contributed by atoms with E-state index in [-0.39, 0.29) is 17.7 Å². The first-order chi connectivity index (χ1) is 13.1. The highest BCUT2D eigenvalue weighted by Crippen LogP contribution is 2.42. The zero-order valence-electron chi connectivity index (χ0n) is 17.7. The minimum absolute atomic E-state index is 0.0300. The molecule has 0 aliphatic carbocycles. The van der Waals surface area contributed by atoms with Crippen LogP contribution in [0.25, 0.3) is 21.8 Å². The summed E-state index contributed by atoms with van der Waals surface area (Å²) in [6.07, 6.45) is 0.907. The van der Waals surface area contributed by atoms with Crippen LogP contribution in [0.4, 0.5) is 0 Å². The molecule has 2 heterocycles. The Hall–Kier alpha value is -1.73. The summed E-state index contributed by atoms with van der Waals surface area (Å²) in [6, 6.07) is 10.3. The van der Waals surface area contributed by atoms with Crippen LogP contribution in [-0.4, -0.2) is 40.8 Å². The molecule has 6 heteroatoms. The van der Waals surface area contributed by atoms with Crippen molar-refractivity contribution in [1.29, 1.82) is 0 Å². The van der Waals surface area contributed by atoms with Gasteiger partial charge in [-0.1, -0.05) is 39.0 Å². The smallest absolute Gasteiger partial charge is 0.192 e. The number of aromatic nitrogens is 2. The van der Waals surface area contributed by atoms with Crippen molar-refractivity contribution in [2.75, 3.05) is 6.61 Å². The highest BCUT2D eigenvalue weighted by molar-refractivity contribution is 6.74. The number of aliphatic hydroxyl groups is 2. The maximum Gasteiger partial charge on any atom is 0.192 e. The molecule has 2 unspecified atom stereocenters. The van der Waals surface area contributed by atoms with Crippen molar-refractivity contribution >= 4 is 30.1 Å². The van der Waals surface area contributed by atoms with Gasteiger partial charge in [0.05, 0.1) is 30.0 Å². The Morgan fingerprint density at radius 3 is 2.46 bits per heavy atom. The Bertz CT molecular complexity index is 975. The van der Waals surface area contributed by atoms with Gasteiger partial charge < -0.3 is 19.2 Å². The van der Waals surface area contributed by atoms with Gasteiger partial charge in [0, 0.05) is 36.0 Å². The van der Waals surface area contributed by atoms with Crippen LogP contribution < -0.4 is 0 Å². The monoisotopic (exact) mass is 400 g/mol. The Labute approximate surface area is 168 Å². The number of pyridine rings is 1. The molecule has 2 aromatic heterocycles. The summed E-state index contributed by atoms with van der Waals surface area (Å²) in [7, 11) is -0.0728. The van der Waals surface area contributed by atoms with E-state index >= 15 is 0 Å². The molecule has 0 radical (unpaired) electrons. The SMILES string of the molecule is Cn1c2ccccc2c2ccnc(C(CC(O)CO)O[Si](C)(C)C(C)(C)C)c21. The molecule has 0 fully saturated rings. The lowest BCUT2D eigenvalue weighted by Crippen LogP contribution is -2.42. The molecule has 0 aliphatic rings. The van der Waals surface area contributed by atoms with Gasteiger partial charge in [-0.15, -0.1) is 0 Å². The van der Waals surface area contributed by atoms with Crippen LogP contribution in [0.1, 0.15) is 39.0 Å². The second kappa shape index (κ2) is 7.59. The second-order valence-electron chi connectivity index (χ2n) is 9.11. The third-order valence-corrected chi connectivity index (χ3v) is 10.6. The molecule has 152 valence electrons. The first-order valence-corrected chi connectivity index (χ1v) is 12.8. The van der Waals surface area contributed by atoms with Gasteiger partial charge in [-0.25, -0.2) is 0 Å². The van der Waals surface area contributed by atoms with E-state index in [1.54, 1.807) is 0 Å². The predicted octanol–water partition coefficient (Wildman–Crippen LogP) is 4.53. The van der Waals surface area contributed by atoms with E-state index in [9.17, 15) is 10.2 Å². The maximum atomic E-state index is 10.2. The summed E-state index contributed by atoms with van der Waals surface area (Å²) in [6.45, 7) is 10.7. The molecule has 3 rings (SSSR count). The summed E-state index contributed by atoms with van der Waals surface area (Å²) in [5, 5.41) is 22.0. The number of rotatable bonds is 6. The highest BCUT2D eigenvalue weighted by Gasteiger charge is 2.40. The van der Waals surface area contributed by atoms with Gasteiger partial charge in [-0.3, -0.25) is 4.98 Å². The van der Waals surface area contributed by atoms with Crippen molar-refractivity contribution in [1.82, 2.24) is 9.55 Å². The molecule has 0 bridgehead atoms. The number of hydrogen-bond donors (Lipinski definition) is 2. The fourth-order valence-electron chi connectivity index (χ4n) is 3.46. The molecule has 0 spiro atoms. The number of hydrogen-bond acceptors (Lipinski definition) is 4. The third-order valence-electron chi connectivity index (χ3n) is 6.09. The third kappa shape index (κ3) is 3.74. The fourth-order valence-corrected chi connectivity index (χ4v) is 4.73. The molecule has 0 aliphatic heterocycles. The minimum Gasteiger partial charge on any atom is -0.408 e. The van der Waals surface area contributed by atoms with Crippen LogP contribution in [0, 0.1) is 0 Å². The zero-order chi connectivity index (χ0) is 20.7. The molecule has 1 aromatic carbocycles. The van der Waals surface area contributed by atoms with Crippen LogP contribution >= 0.6 is 0 Å². The van der Waals surface area contributed by atoms with Crippen molar-refractivity contribution in [3.8, 4) is 0 Å². The number of benzene rings is 1. The van der Waals surface area contributed by atoms with Crippen LogP contribution in [0.15, 0.2) is 36.5 Å². The average Bonchev–Trinajstić information content (AvgIpc) is 2.93. The van der Waals surface area contributed by atoms with E-state index in [1.165, 1.54) is 5.39 Å². The summed E-state index contributed by atoms with van der Waals surface area (Å²) < 4.78 is 8.87. The molecule has 2 N–H and O–H groups in total. The molecule has 0 saturated carbocycles. The zero-order valence-corrected chi connectivity index (χ0v) is 18.7. The van der Waals surface area contributed by atoms with E-state index in [4.69, 9.17) is 9.41 Å². The second-order valence-corrected chi connectivity index (χ2v) is 13.9. The van der Waals surface area contributed by atoms with E-state index < -0.39 is 14.4 Å². The van der Waals surface area contributed by atoms with E-state index in [2.05, 4.69) is 50.6 Å². The number of aliphatic hydroxyl groups excluding tert-OH is 2. The first-order valence-electron chi connectivity index (χ1n) is 9.85. The predicted molar refractivity (Wildman–Crippen MR) is 117 cm³/mol. The average molecular weight is 401 g/mol. The molecular weight excluding hydrogens is 368 g/mol. The van der Waals surface area contributed by atoms with Crippen molar-refractivity contribution < 1.29 is 14.6 Å². The lowest BCUT2D eigenvalue weighted by atomic mass is 10.1. The topological polar surface area (TPSA) is 67.5 Å². The minimum atomic E-state index is -2.12. The Morgan fingerprint density at radius 1 is 1.14 bits per heavy atom. The normalized spacial score (nSPS) is 15.3. The summed E-state index contributed by atoms with van der Waals surface area (Å²) >= 11 is 0. The highest BCUT2D eigenvalue weighted by atomic mass is 28.4. The van der Waals surface area contributed by atoms with E-state index in [0.717, 1.165) is 22.1 Å². The Morgan fingerprint density at radius 2 is 1.82 bits per heavy atom. The van der Waals surface area contributed by atoms with Gasteiger partial charge in [-0.2, -0.15) is 0 Å². The Kier molecular flexibility index (Phi) is 5.69. The Balaban J connectivity index is 2.18. The van der Waals surface area contributed by atoms with Crippen LogP contribution in [0.2, 0.25) is 18.1 Å². The summed E-state index contributed by atoms with van der Waals surface area (Å²) in [5.41, 5.74) is 2.99. The maximum absolute atomic E-state index is 10.2. The fraction of sp³-hybridized carbons (Fsp3) is 0.500. The molecule has 0 saturated heterocycles. The van der Waals surface area contributed by atoms with Gasteiger partial charge in [-0.05, 0) is 30.3 Å². The van der Waals surface area contributed by atoms with Crippen molar-refractivity contribution in [3.05, 3.63) is 42.2 Å². The number of para-hydroxylation sites is 1. The van der Waals surface area contributed by atoms with Gasteiger partial charge in [0.25, 0.3) is 0 Å². The molecular formula is C22H32N2O3Si. The summed E-state index contributed by atoms with van der Waals surface area (Å²) in [5.74, 6) is 0. The largest absolute Gasteiger partial charge is 0.408 e. The summed E-state index contributed by atoms with van der Waals surface area (Å²) in [4.78, 5) is 4.70. The van der Waals surface area contributed by atoms with Gasteiger partial charge in [0.1, 0.15) is 0 Å². The lowest BCUT2D eigenvalue weighted by Gasteiger charge is -2.39. The molecule has 5 nitrogen and oxygen atoms in total. The van der Waals surface area contributed by atoms with Gasteiger partial charge in [0.2, 0.25) is 0 Å². The van der Waals surface area contributed by atoms with Gasteiger partial charge >= 0.3 is 0 Å². The van der Waals surface area contributed by atoms with Crippen molar-refractivity contribution in [2.45, 2.75) is 57.5 Å². The lowest BCUT2D eigenvalue weighted by molar-refractivity contribution is 0.0443. The molecule has 28 heavy (non-hydrogen) atoms. The first kappa shape index (κ1) is 21.0. The number of nitrogens with zero attached hydrogens (tertiary/aromatic N) is 2. The molecule has 0 amide bonds. The van der Waals surface area contributed by atoms with Crippen LogP contribution in [0.3, 0.4) is 0 Å². The van der Waals surface area contributed by atoms with E-state index in [1.807, 2.05) is 31.4 Å². The molecule has 2 atom stereocenters. The van der Waals surface area contributed by atoms with Crippen LogP contribution in [0.5, 0.6) is 0 Å². The number of aryl methyl sites for hydroxylation is 1. The van der Waals surface area contributed by atoms with Crippen molar-refractivity contribution in [3.63, 3.8) is 0 Å². The van der Waals surface area contributed by atoms with Crippen molar-refractivity contribution in [2.24, 2.45) is 7.05 Å². The number of fused-ring (bicyclic) bond motifs is 3. The van der Waals surface area contributed by atoms with E-state index in [0.29, 0.717) is 6.42 Å². The van der Waals surface area contributed by atoms with Crippen LogP contribution in [-0.2, 0) is 11.5 Å². The quantitative estimate of drug-likeness (QED) is 0.597. The molecule has 3 aromatic rings.